The molecule has 9 nitrogen and oxygen atoms in total. The molecule has 264 valence electrons. The second kappa shape index (κ2) is 14.0. The third kappa shape index (κ3) is 7.22. The van der Waals surface area contributed by atoms with Gasteiger partial charge in [0.25, 0.3) is 11.5 Å². The number of nitrogens with zero attached hydrogens (tertiary/aromatic N) is 3. The van der Waals surface area contributed by atoms with Crippen molar-refractivity contribution >= 4 is 11.9 Å². The van der Waals surface area contributed by atoms with Crippen molar-refractivity contribution in [1.29, 1.82) is 0 Å². The molecule has 1 atom stereocenters. The van der Waals surface area contributed by atoms with Crippen LogP contribution in [0.3, 0.4) is 0 Å². The van der Waals surface area contributed by atoms with E-state index in [4.69, 9.17) is 9.47 Å². The Bertz CT molecular complexity index is 1810. The van der Waals surface area contributed by atoms with Gasteiger partial charge in [0.1, 0.15) is 23.6 Å². The minimum atomic E-state index is -6.02. The molecule has 1 aliphatic rings. The van der Waals surface area contributed by atoms with E-state index < -0.39 is 41.0 Å². The van der Waals surface area contributed by atoms with Gasteiger partial charge in [-0.15, -0.1) is 0 Å². The van der Waals surface area contributed by atoms with Crippen LogP contribution in [0.4, 0.5) is 31.1 Å². The average molecular weight is 703 g/mol. The summed E-state index contributed by atoms with van der Waals surface area (Å²) in [6, 6.07) is 17.3. The number of urea groups is 1. The normalized spacial score (nSPS) is 16.8. The lowest BCUT2D eigenvalue weighted by molar-refractivity contribution is -0.376. The number of pyridine rings is 2. The zero-order valence-electron chi connectivity index (χ0n) is 26.8. The van der Waals surface area contributed by atoms with E-state index >= 15 is 0 Å². The van der Waals surface area contributed by atoms with Gasteiger partial charge in [0.15, 0.2) is 0 Å². The lowest BCUT2D eigenvalue weighted by atomic mass is 9.90. The fourth-order valence-electron chi connectivity index (χ4n) is 5.42. The first-order valence-corrected chi connectivity index (χ1v) is 15.5. The standard InChI is InChI=1S/C35H32F6N4O5/c1-3-7-23-18-24(33(48,34(36,37)38)35(39,40)41)10-14-28(23)50-27-13-12-26(42-20-27)16-17-45-30(46)32(2,44-31(45)47)25-11-15-29(43-19-25)49-21-22-8-5-4-6-9-22/h4-6,8-15,18-20,48H,3,7,16-17,21H2,1-2H3,(H,44,47). The minimum absolute atomic E-state index is 0.0113. The zero-order valence-corrected chi connectivity index (χ0v) is 26.8. The molecule has 3 heterocycles. The van der Waals surface area contributed by atoms with Gasteiger partial charge in [-0.1, -0.05) is 49.7 Å². The molecule has 0 saturated carbocycles. The molecule has 3 amide bonds. The van der Waals surface area contributed by atoms with Crippen molar-refractivity contribution in [3.05, 3.63) is 113 Å². The number of halogens is 6. The van der Waals surface area contributed by atoms with Crippen LogP contribution < -0.4 is 14.8 Å². The summed E-state index contributed by atoms with van der Waals surface area (Å²) < 4.78 is 92.0. The highest BCUT2D eigenvalue weighted by Gasteiger charge is 2.71. The van der Waals surface area contributed by atoms with E-state index in [9.17, 15) is 41.0 Å². The van der Waals surface area contributed by atoms with Crippen LogP contribution >= 0.6 is 0 Å². The number of imide groups is 1. The maximum absolute atomic E-state index is 13.4. The Kier molecular flexibility index (Phi) is 10.1. The van der Waals surface area contributed by atoms with Crippen molar-refractivity contribution in [3.8, 4) is 17.4 Å². The Labute approximate surface area is 282 Å². The molecule has 0 radical (unpaired) electrons. The summed E-state index contributed by atoms with van der Waals surface area (Å²) in [4.78, 5) is 35.8. The Morgan fingerprint density at radius 3 is 2.20 bits per heavy atom. The molecular formula is C35H32F6N4O5. The topological polar surface area (TPSA) is 114 Å². The third-order valence-electron chi connectivity index (χ3n) is 8.25. The lowest BCUT2D eigenvalue weighted by Gasteiger charge is -2.33. The number of ether oxygens (including phenoxy) is 2. The van der Waals surface area contributed by atoms with Crippen LogP contribution in [0.2, 0.25) is 0 Å². The van der Waals surface area contributed by atoms with Gasteiger partial charge < -0.3 is 19.9 Å². The Hall–Kier alpha value is -5.18. The van der Waals surface area contributed by atoms with Crippen molar-refractivity contribution in [2.24, 2.45) is 0 Å². The first kappa shape index (κ1) is 36.1. The molecule has 0 bridgehead atoms. The Morgan fingerprint density at radius 2 is 1.60 bits per heavy atom. The molecule has 1 aliphatic heterocycles. The summed E-state index contributed by atoms with van der Waals surface area (Å²) in [6.07, 6.45) is -8.68. The van der Waals surface area contributed by atoms with Crippen LogP contribution in [0.1, 0.15) is 48.2 Å². The molecule has 5 rings (SSSR count). The number of alkyl halides is 6. The molecular weight excluding hydrogens is 670 g/mol. The van der Waals surface area contributed by atoms with Crippen LogP contribution in [0.25, 0.3) is 0 Å². The smallest absolute Gasteiger partial charge is 0.430 e. The van der Waals surface area contributed by atoms with Gasteiger partial charge in [0, 0.05) is 42.0 Å². The molecule has 1 unspecified atom stereocenters. The Morgan fingerprint density at radius 1 is 0.880 bits per heavy atom. The van der Waals surface area contributed by atoms with E-state index in [1.165, 1.54) is 18.5 Å². The maximum atomic E-state index is 13.4. The molecule has 2 aromatic carbocycles. The number of benzene rings is 2. The first-order chi connectivity index (χ1) is 23.6. The van der Waals surface area contributed by atoms with E-state index in [1.54, 1.807) is 32.0 Å². The van der Waals surface area contributed by atoms with E-state index in [2.05, 4.69) is 15.3 Å². The van der Waals surface area contributed by atoms with Gasteiger partial charge in [-0.25, -0.2) is 9.78 Å². The van der Waals surface area contributed by atoms with E-state index in [0.29, 0.717) is 42.3 Å². The summed E-state index contributed by atoms with van der Waals surface area (Å²) in [5.41, 5.74) is -5.89. The first-order valence-electron chi connectivity index (χ1n) is 15.5. The number of carbonyl (C=O) groups excluding carboxylic acids is 2. The fourth-order valence-corrected chi connectivity index (χ4v) is 5.42. The van der Waals surface area contributed by atoms with Crippen LogP contribution in [0, 0.1) is 0 Å². The number of hydrogen-bond acceptors (Lipinski definition) is 7. The fraction of sp³-hybridized carbons (Fsp3) is 0.314. The number of aliphatic hydroxyl groups is 1. The van der Waals surface area contributed by atoms with Crippen molar-refractivity contribution in [1.82, 2.24) is 20.2 Å². The number of aromatic nitrogens is 2. The molecule has 15 heteroatoms. The van der Waals surface area contributed by atoms with Crippen LogP contribution in [-0.2, 0) is 35.4 Å². The summed E-state index contributed by atoms with van der Waals surface area (Å²) in [6.45, 7) is 3.55. The Balaban J connectivity index is 1.22. The van der Waals surface area contributed by atoms with Gasteiger partial charge in [-0.2, -0.15) is 26.3 Å². The monoisotopic (exact) mass is 702 g/mol. The number of aryl methyl sites for hydroxylation is 1. The van der Waals surface area contributed by atoms with Crippen LogP contribution in [0.15, 0.2) is 85.2 Å². The van der Waals surface area contributed by atoms with Gasteiger partial charge in [0.05, 0.1) is 6.20 Å². The number of amides is 3. The highest BCUT2D eigenvalue weighted by Crippen LogP contribution is 2.50. The predicted molar refractivity (Wildman–Crippen MR) is 167 cm³/mol. The molecule has 0 aliphatic carbocycles. The molecule has 1 fully saturated rings. The van der Waals surface area contributed by atoms with Gasteiger partial charge >= 0.3 is 18.4 Å². The number of nitrogens with one attached hydrogen (secondary N) is 1. The molecule has 2 aromatic heterocycles. The molecule has 2 N–H and O–H groups in total. The lowest BCUT2D eigenvalue weighted by Crippen LogP contribution is -2.53. The van der Waals surface area contributed by atoms with Crippen molar-refractivity contribution in [3.63, 3.8) is 0 Å². The summed E-state index contributed by atoms with van der Waals surface area (Å²) in [7, 11) is 0. The largest absolute Gasteiger partial charge is 0.473 e. The summed E-state index contributed by atoms with van der Waals surface area (Å²) in [5.74, 6) is -0.0214. The number of carbonyl (C=O) groups is 2. The minimum Gasteiger partial charge on any atom is -0.473 e. The highest BCUT2D eigenvalue weighted by molar-refractivity contribution is 6.07. The molecule has 50 heavy (non-hydrogen) atoms. The quantitative estimate of drug-likeness (QED) is 0.119. The van der Waals surface area contributed by atoms with E-state index in [-0.39, 0.29) is 36.4 Å². The maximum Gasteiger partial charge on any atom is 0.430 e. The summed E-state index contributed by atoms with van der Waals surface area (Å²) >= 11 is 0. The third-order valence-corrected chi connectivity index (χ3v) is 8.25. The van der Waals surface area contributed by atoms with Gasteiger partial charge in [-0.3, -0.25) is 14.7 Å². The van der Waals surface area contributed by atoms with Crippen LogP contribution in [-0.4, -0.2) is 50.8 Å². The molecule has 4 aromatic rings. The number of rotatable bonds is 12. The SMILES string of the molecule is CCCc1cc(C(O)(C(F)(F)F)C(F)(F)F)ccc1Oc1ccc(CCN2C(=O)NC(C)(c3ccc(OCc4ccccc4)nc3)C2=O)nc1. The predicted octanol–water partition coefficient (Wildman–Crippen LogP) is 7.12. The molecule has 1 saturated heterocycles. The van der Waals surface area contributed by atoms with Gasteiger partial charge in [-0.05, 0) is 54.8 Å². The average Bonchev–Trinajstić information content (AvgIpc) is 3.30. The van der Waals surface area contributed by atoms with Crippen molar-refractivity contribution in [2.75, 3.05) is 6.54 Å². The van der Waals surface area contributed by atoms with E-state index in [1.807, 2.05) is 30.3 Å². The highest BCUT2D eigenvalue weighted by atomic mass is 19.4. The second-order valence-electron chi connectivity index (χ2n) is 11.8. The van der Waals surface area contributed by atoms with Gasteiger partial charge in [0.2, 0.25) is 5.88 Å². The van der Waals surface area contributed by atoms with Crippen molar-refractivity contribution in [2.45, 2.75) is 63.2 Å². The molecule has 0 spiro atoms. The zero-order chi connectivity index (χ0) is 36.3. The second-order valence-corrected chi connectivity index (χ2v) is 11.8. The van der Waals surface area contributed by atoms with Crippen molar-refractivity contribution < 1.29 is 50.5 Å². The summed E-state index contributed by atoms with van der Waals surface area (Å²) in [5, 5.41) is 12.5. The number of hydrogen-bond donors (Lipinski definition) is 2. The van der Waals surface area contributed by atoms with E-state index in [0.717, 1.165) is 16.5 Å². The van der Waals surface area contributed by atoms with Crippen LogP contribution in [0.5, 0.6) is 17.4 Å².